The largest absolute Gasteiger partial charge is 0.339 e. The van der Waals surface area contributed by atoms with Crippen LogP contribution in [0.1, 0.15) is 37.6 Å². The highest BCUT2D eigenvalue weighted by molar-refractivity contribution is 5.97. The fraction of sp³-hybridized carbons (Fsp3) is 0.467. The van der Waals surface area contributed by atoms with Gasteiger partial charge in [-0.2, -0.15) is 0 Å². The summed E-state index contributed by atoms with van der Waals surface area (Å²) < 4.78 is 0. The minimum atomic E-state index is -0.507. The van der Waals surface area contributed by atoms with Crippen molar-refractivity contribution in [3.63, 3.8) is 0 Å². The van der Waals surface area contributed by atoms with Gasteiger partial charge in [-0.1, -0.05) is 6.92 Å². The van der Waals surface area contributed by atoms with E-state index in [1.165, 1.54) is 0 Å². The molecule has 20 heavy (non-hydrogen) atoms. The van der Waals surface area contributed by atoms with E-state index < -0.39 is 6.04 Å². The summed E-state index contributed by atoms with van der Waals surface area (Å²) in [4.78, 5) is 25.5. The van der Waals surface area contributed by atoms with E-state index in [4.69, 9.17) is 5.73 Å². The van der Waals surface area contributed by atoms with E-state index in [9.17, 15) is 9.59 Å². The lowest BCUT2D eigenvalue weighted by atomic mass is 10.1. The van der Waals surface area contributed by atoms with E-state index in [1.807, 2.05) is 20.8 Å². The van der Waals surface area contributed by atoms with E-state index >= 15 is 0 Å². The van der Waals surface area contributed by atoms with Gasteiger partial charge in [0.25, 0.3) is 5.91 Å². The highest BCUT2D eigenvalue weighted by atomic mass is 16.2. The Hall–Kier alpha value is -1.88. The highest BCUT2D eigenvalue weighted by Gasteiger charge is 2.13. The molecule has 0 radical (unpaired) electrons. The molecule has 2 amide bonds. The summed E-state index contributed by atoms with van der Waals surface area (Å²) in [5.41, 5.74) is 6.91. The van der Waals surface area contributed by atoms with E-state index in [0.717, 1.165) is 0 Å². The van der Waals surface area contributed by atoms with Crippen LogP contribution in [-0.4, -0.2) is 35.8 Å². The quantitative estimate of drug-likeness (QED) is 0.833. The molecule has 0 bridgehead atoms. The molecule has 1 aromatic rings. The van der Waals surface area contributed by atoms with E-state index in [-0.39, 0.29) is 11.8 Å². The number of nitrogens with zero attached hydrogens (tertiary/aromatic N) is 1. The maximum absolute atomic E-state index is 12.1. The van der Waals surface area contributed by atoms with Crippen molar-refractivity contribution in [1.82, 2.24) is 4.90 Å². The molecular formula is C15H23N3O2. The van der Waals surface area contributed by atoms with Crippen LogP contribution in [0.15, 0.2) is 24.3 Å². The predicted molar refractivity (Wildman–Crippen MR) is 80.6 cm³/mol. The Morgan fingerprint density at radius 2 is 1.70 bits per heavy atom. The molecule has 0 saturated carbocycles. The molecule has 0 aliphatic carbocycles. The summed E-state index contributed by atoms with van der Waals surface area (Å²) in [5, 5.41) is 2.73. The molecule has 1 aromatic carbocycles. The number of anilines is 1. The van der Waals surface area contributed by atoms with Crippen LogP contribution in [0.25, 0.3) is 0 Å². The third-order valence-corrected chi connectivity index (χ3v) is 3.23. The molecule has 0 aromatic heterocycles. The number of amides is 2. The molecule has 0 saturated heterocycles. The average molecular weight is 277 g/mol. The van der Waals surface area contributed by atoms with Gasteiger partial charge in [0.15, 0.2) is 0 Å². The first-order valence-electron chi connectivity index (χ1n) is 6.99. The van der Waals surface area contributed by atoms with Gasteiger partial charge in [-0.25, -0.2) is 0 Å². The minimum Gasteiger partial charge on any atom is -0.339 e. The zero-order valence-corrected chi connectivity index (χ0v) is 12.3. The second-order valence-electron chi connectivity index (χ2n) is 4.56. The topological polar surface area (TPSA) is 75.4 Å². The summed E-state index contributed by atoms with van der Waals surface area (Å²) >= 11 is 0. The van der Waals surface area contributed by atoms with Crippen LogP contribution in [0, 0.1) is 0 Å². The summed E-state index contributed by atoms with van der Waals surface area (Å²) in [5.74, 6) is -0.214. The third kappa shape index (κ3) is 4.06. The average Bonchev–Trinajstić information content (AvgIpc) is 2.48. The molecule has 0 spiro atoms. The van der Waals surface area contributed by atoms with Crippen LogP contribution in [0.3, 0.4) is 0 Å². The molecule has 1 atom stereocenters. The van der Waals surface area contributed by atoms with Crippen molar-refractivity contribution in [3.05, 3.63) is 29.8 Å². The number of nitrogens with one attached hydrogen (secondary N) is 1. The third-order valence-electron chi connectivity index (χ3n) is 3.23. The molecule has 0 heterocycles. The molecule has 5 heteroatoms. The molecular weight excluding hydrogens is 254 g/mol. The maximum atomic E-state index is 12.1. The Morgan fingerprint density at radius 3 is 2.15 bits per heavy atom. The summed E-state index contributed by atoms with van der Waals surface area (Å²) in [6, 6.07) is 6.36. The van der Waals surface area contributed by atoms with Gasteiger partial charge in [0.2, 0.25) is 5.91 Å². The Labute approximate surface area is 120 Å². The van der Waals surface area contributed by atoms with Crippen molar-refractivity contribution in [3.8, 4) is 0 Å². The smallest absolute Gasteiger partial charge is 0.253 e. The number of benzene rings is 1. The molecule has 0 aliphatic heterocycles. The maximum Gasteiger partial charge on any atom is 0.253 e. The molecule has 110 valence electrons. The Balaban J connectivity index is 2.74. The van der Waals surface area contributed by atoms with Gasteiger partial charge in [0.05, 0.1) is 6.04 Å². The lowest BCUT2D eigenvalue weighted by Gasteiger charge is -2.18. The normalized spacial score (nSPS) is 11.8. The number of nitrogens with two attached hydrogens (primary N) is 1. The van der Waals surface area contributed by atoms with Crippen LogP contribution < -0.4 is 11.1 Å². The first-order valence-corrected chi connectivity index (χ1v) is 6.99. The van der Waals surface area contributed by atoms with Gasteiger partial charge in [-0.05, 0) is 44.5 Å². The van der Waals surface area contributed by atoms with Crippen LogP contribution in [0.2, 0.25) is 0 Å². The second kappa shape index (κ2) is 7.65. The van der Waals surface area contributed by atoms with Gasteiger partial charge in [-0.3, -0.25) is 9.59 Å². The van der Waals surface area contributed by atoms with Crippen LogP contribution in [0.5, 0.6) is 0 Å². The predicted octanol–water partition coefficient (Wildman–Crippen LogP) is 1.84. The van der Waals surface area contributed by atoms with Crippen molar-refractivity contribution >= 4 is 17.5 Å². The molecule has 5 nitrogen and oxygen atoms in total. The first kappa shape index (κ1) is 16.2. The van der Waals surface area contributed by atoms with Gasteiger partial charge >= 0.3 is 0 Å². The lowest BCUT2D eigenvalue weighted by Crippen LogP contribution is -2.34. The standard InChI is InChI=1S/C15H23N3O2/c1-4-13(16)14(19)17-12-9-7-11(8-10-12)15(20)18(5-2)6-3/h7-10,13H,4-6,16H2,1-3H3,(H,17,19)/t13-/m1/s1. The van der Waals surface area contributed by atoms with E-state index in [0.29, 0.717) is 30.8 Å². The Morgan fingerprint density at radius 1 is 1.15 bits per heavy atom. The zero-order valence-electron chi connectivity index (χ0n) is 12.3. The SMILES string of the molecule is CC[C@@H](N)C(=O)Nc1ccc(C(=O)N(CC)CC)cc1. The molecule has 1 rings (SSSR count). The van der Waals surface area contributed by atoms with Crippen molar-refractivity contribution in [2.24, 2.45) is 5.73 Å². The summed E-state index contributed by atoms with van der Waals surface area (Å²) in [6.45, 7) is 7.11. The monoisotopic (exact) mass is 277 g/mol. The van der Waals surface area contributed by atoms with E-state index in [1.54, 1.807) is 29.2 Å². The summed E-state index contributed by atoms with van der Waals surface area (Å²) in [7, 11) is 0. The van der Waals surface area contributed by atoms with Crippen LogP contribution in [0.4, 0.5) is 5.69 Å². The number of hydrogen-bond acceptors (Lipinski definition) is 3. The van der Waals surface area contributed by atoms with Crippen molar-refractivity contribution in [2.45, 2.75) is 33.2 Å². The highest BCUT2D eigenvalue weighted by Crippen LogP contribution is 2.12. The second-order valence-corrected chi connectivity index (χ2v) is 4.56. The number of rotatable bonds is 6. The van der Waals surface area contributed by atoms with Gasteiger partial charge < -0.3 is 16.0 Å². The molecule has 0 fully saturated rings. The van der Waals surface area contributed by atoms with Crippen LogP contribution in [-0.2, 0) is 4.79 Å². The first-order chi connectivity index (χ1) is 9.53. The fourth-order valence-electron chi connectivity index (χ4n) is 1.81. The van der Waals surface area contributed by atoms with Crippen LogP contribution >= 0.6 is 0 Å². The van der Waals surface area contributed by atoms with Gasteiger partial charge in [0, 0.05) is 24.3 Å². The zero-order chi connectivity index (χ0) is 15.1. The van der Waals surface area contributed by atoms with Gasteiger partial charge in [0.1, 0.15) is 0 Å². The fourth-order valence-corrected chi connectivity index (χ4v) is 1.81. The molecule has 0 unspecified atom stereocenters. The Kier molecular flexibility index (Phi) is 6.18. The minimum absolute atomic E-state index is 0.00173. The lowest BCUT2D eigenvalue weighted by molar-refractivity contribution is -0.117. The Bertz CT molecular complexity index is 453. The summed E-state index contributed by atoms with van der Waals surface area (Å²) in [6.07, 6.45) is 0.588. The van der Waals surface area contributed by atoms with Crippen molar-refractivity contribution in [2.75, 3.05) is 18.4 Å². The van der Waals surface area contributed by atoms with Gasteiger partial charge in [-0.15, -0.1) is 0 Å². The number of carbonyl (C=O) groups is 2. The number of hydrogen-bond donors (Lipinski definition) is 2. The molecule has 0 aliphatic rings. The molecule has 3 N–H and O–H groups in total. The van der Waals surface area contributed by atoms with Crippen molar-refractivity contribution < 1.29 is 9.59 Å². The van der Waals surface area contributed by atoms with Crippen molar-refractivity contribution in [1.29, 1.82) is 0 Å². The van der Waals surface area contributed by atoms with E-state index in [2.05, 4.69) is 5.32 Å². The number of carbonyl (C=O) groups excluding carboxylic acids is 2.